The van der Waals surface area contributed by atoms with Gasteiger partial charge in [0, 0.05) is 0 Å². The van der Waals surface area contributed by atoms with E-state index < -0.39 is 0 Å². The predicted molar refractivity (Wildman–Crippen MR) is 191 cm³/mol. The number of hydrogen-bond donors (Lipinski definition) is 0. The molecule has 0 aliphatic rings. The molecule has 10 aromatic rings. The number of hydrogen-bond acceptors (Lipinski definition) is 0. The first-order valence-electron chi connectivity index (χ1n) is 15.3. The predicted octanol–water partition coefficient (Wildman–Crippen LogP) is 12.5. The zero-order chi connectivity index (χ0) is 28.8. The van der Waals surface area contributed by atoms with Crippen LogP contribution in [0.4, 0.5) is 0 Å². The highest BCUT2D eigenvalue weighted by Gasteiger charge is 2.16. The molecule has 10 rings (SSSR count). The smallest absolute Gasteiger partial charge is 0.00264 e. The number of benzene rings is 10. The molecule has 44 heavy (non-hydrogen) atoms. The van der Waals surface area contributed by atoms with Crippen molar-refractivity contribution in [2.24, 2.45) is 0 Å². The van der Waals surface area contributed by atoms with E-state index in [-0.39, 0.29) is 0 Å². The van der Waals surface area contributed by atoms with Crippen molar-refractivity contribution < 1.29 is 0 Å². The molecular weight excluding hydrogens is 528 g/mol. The van der Waals surface area contributed by atoms with Crippen molar-refractivity contribution in [3.63, 3.8) is 0 Å². The Morgan fingerprint density at radius 1 is 0.227 bits per heavy atom. The third-order valence-corrected chi connectivity index (χ3v) is 9.65. The molecule has 0 aliphatic heterocycles. The molecule has 0 heteroatoms. The zero-order valence-electron chi connectivity index (χ0n) is 24.0. The molecule has 0 N–H and O–H groups in total. The first-order valence-corrected chi connectivity index (χ1v) is 15.3. The van der Waals surface area contributed by atoms with Gasteiger partial charge >= 0.3 is 0 Å². The van der Waals surface area contributed by atoms with E-state index in [1.54, 1.807) is 0 Å². The van der Waals surface area contributed by atoms with E-state index in [4.69, 9.17) is 0 Å². The minimum absolute atomic E-state index is 1.27. The molecule has 0 fully saturated rings. The number of fused-ring (bicyclic) bond motifs is 4. The van der Waals surface area contributed by atoms with Crippen LogP contribution >= 0.6 is 0 Å². The van der Waals surface area contributed by atoms with Gasteiger partial charge in [0.15, 0.2) is 0 Å². The highest BCUT2D eigenvalue weighted by atomic mass is 14.2. The lowest BCUT2D eigenvalue weighted by atomic mass is 9.86. The van der Waals surface area contributed by atoms with Crippen LogP contribution in [0, 0.1) is 0 Å². The summed E-state index contributed by atoms with van der Waals surface area (Å²) in [7, 11) is 0. The van der Waals surface area contributed by atoms with Crippen molar-refractivity contribution in [3.05, 3.63) is 158 Å². The fourth-order valence-electron chi connectivity index (χ4n) is 7.78. The van der Waals surface area contributed by atoms with Gasteiger partial charge in [-0.25, -0.2) is 0 Å². The molecule has 0 radical (unpaired) electrons. The van der Waals surface area contributed by atoms with Crippen molar-refractivity contribution in [2.75, 3.05) is 0 Å². The average Bonchev–Trinajstić information content (AvgIpc) is 3.08. The quantitative estimate of drug-likeness (QED) is 0.147. The van der Waals surface area contributed by atoms with E-state index in [9.17, 15) is 0 Å². The second-order valence-electron chi connectivity index (χ2n) is 12.1. The summed E-state index contributed by atoms with van der Waals surface area (Å²) in [5.74, 6) is 0. The summed E-state index contributed by atoms with van der Waals surface area (Å²) in [5.41, 5.74) is 5.17. The highest BCUT2D eigenvalue weighted by molar-refractivity contribution is 6.26. The maximum atomic E-state index is 2.40. The monoisotopic (exact) mass is 554 g/mol. The van der Waals surface area contributed by atoms with Gasteiger partial charge in [0.2, 0.25) is 0 Å². The van der Waals surface area contributed by atoms with Gasteiger partial charge in [-0.1, -0.05) is 121 Å². The molecule has 0 nitrogen and oxygen atoms in total. The molecule has 0 bridgehead atoms. The van der Waals surface area contributed by atoms with Gasteiger partial charge in [-0.3, -0.25) is 0 Å². The molecule has 0 aliphatic carbocycles. The number of rotatable bonds is 2. The summed E-state index contributed by atoms with van der Waals surface area (Å²) in [6.07, 6.45) is 0. The van der Waals surface area contributed by atoms with Crippen LogP contribution in [0.5, 0.6) is 0 Å². The molecule has 10 aromatic carbocycles. The molecule has 0 unspecified atom stereocenters. The zero-order valence-corrected chi connectivity index (χ0v) is 24.0. The maximum absolute atomic E-state index is 2.40. The summed E-state index contributed by atoms with van der Waals surface area (Å²) in [5, 5.41) is 18.2. The Kier molecular flexibility index (Phi) is 4.81. The van der Waals surface area contributed by atoms with Gasteiger partial charge in [-0.2, -0.15) is 0 Å². The van der Waals surface area contributed by atoms with E-state index in [1.807, 2.05) is 0 Å². The lowest BCUT2D eigenvalue weighted by Crippen LogP contribution is -1.90. The normalized spacial score (nSPS) is 12.1. The summed E-state index contributed by atoms with van der Waals surface area (Å²) in [4.78, 5) is 0. The fraction of sp³-hybridized carbons (Fsp3) is 0. The molecule has 0 atom stereocenters. The molecule has 202 valence electrons. The van der Waals surface area contributed by atoms with Crippen molar-refractivity contribution >= 4 is 75.4 Å². The first kappa shape index (κ1) is 23.8. The van der Waals surface area contributed by atoms with E-state index >= 15 is 0 Å². The Morgan fingerprint density at radius 2 is 0.500 bits per heavy atom. The van der Waals surface area contributed by atoms with E-state index in [2.05, 4.69) is 158 Å². The summed E-state index contributed by atoms with van der Waals surface area (Å²) >= 11 is 0. The van der Waals surface area contributed by atoms with Crippen LogP contribution in [0.3, 0.4) is 0 Å². The second-order valence-corrected chi connectivity index (χ2v) is 12.1. The molecule has 0 saturated heterocycles. The van der Waals surface area contributed by atoms with Crippen LogP contribution in [0.25, 0.3) is 97.7 Å². The first-order chi connectivity index (χ1) is 21.8. The lowest BCUT2D eigenvalue weighted by molar-refractivity contribution is 1.71. The van der Waals surface area contributed by atoms with Crippen molar-refractivity contribution in [2.45, 2.75) is 0 Å². The Hall–Kier alpha value is -5.72. The molecule has 0 spiro atoms. The fourth-order valence-corrected chi connectivity index (χ4v) is 7.78. The van der Waals surface area contributed by atoms with Gasteiger partial charge in [0.25, 0.3) is 0 Å². The lowest BCUT2D eigenvalue weighted by Gasteiger charge is -2.17. The summed E-state index contributed by atoms with van der Waals surface area (Å²) in [6.45, 7) is 0. The molecule has 0 saturated carbocycles. The van der Waals surface area contributed by atoms with Gasteiger partial charge in [-0.15, -0.1) is 0 Å². The van der Waals surface area contributed by atoms with Crippen LogP contribution in [0.1, 0.15) is 0 Å². The SMILES string of the molecule is c1ccc2c(-c3cc4ccc5cc(-c6c7ccccc7cc7ccccc67)cc6ccc(c3)c4c56)c3ccccc3cc2c1. The average molecular weight is 555 g/mol. The standard InChI is InChI=1S/C44H26/c1-5-13-37-27(9-1)21-28-10-2-6-14-38(28)43(37)35-23-31-17-19-33-25-36(26-34-20-18-32(24-35)41(31)42(33)34)44-39-15-7-3-11-29(39)22-30-12-4-8-16-40(30)44/h1-26H. The van der Waals surface area contributed by atoms with E-state index in [1.165, 1.54) is 97.7 Å². The van der Waals surface area contributed by atoms with Crippen LogP contribution in [-0.2, 0) is 0 Å². The summed E-state index contributed by atoms with van der Waals surface area (Å²) in [6, 6.07) is 58.7. The van der Waals surface area contributed by atoms with Crippen LogP contribution in [0.15, 0.2) is 158 Å². The Morgan fingerprint density at radius 3 is 0.795 bits per heavy atom. The van der Waals surface area contributed by atoms with Gasteiger partial charge in [0.1, 0.15) is 0 Å². The topological polar surface area (TPSA) is 0 Å². The van der Waals surface area contributed by atoms with Crippen LogP contribution < -0.4 is 0 Å². The van der Waals surface area contributed by atoms with Crippen molar-refractivity contribution in [1.82, 2.24) is 0 Å². The Bertz CT molecular complexity index is 2400. The largest absolute Gasteiger partial charge is 0.0616 e. The van der Waals surface area contributed by atoms with E-state index in [0.29, 0.717) is 0 Å². The van der Waals surface area contributed by atoms with E-state index in [0.717, 1.165) is 0 Å². The van der Waals surface area contributed by atoms with Gasteiger partial charge in [-0.05, 0) is 134 Å². The Labute approximate surface area is 254 Å². The highest BCUT2D eigenvalue weighted by Crippen LogP contribution is 2.44. The van der Waals surface area contributed by atoms with Crippen LogP contribution in [0.2, 0.25) is 0 Å². The molecule has 0 aromatic heterocycles. The summed E-state index contributed by atoms with van der Waals surface area (Å²) < 4.78 is 0. The second kappa shape index (κ2) is 8.89. The van der Waals surface area contributed by atoms with Crippen molar-refractivity contribution in [3.8, 4) is 22.3 Å². The van der Waals surface area contributed by atoms with Gasteiger partial charge < -0.3 is 0 Å². The Balaban J connectivity index is 1.25. The molecule has 0 heterocycles. The third-order valence-electron chi connectivity index (χ3n) is 9.65. The van der Waals surface area contributed by atoms with Crippen LogP contribution in [-0.4, -0.2) is 0 Å². The minimum Gasteiger partial charge on any atom is -0.0616 e. The van der Waals surface area contributed by atoms with Gasteiger partial charge in [0.05, 0.1) is 0 Å². The minimum atomic E-state index is 1.27. The van der Waals surface area contributed by atoms with Crippen molar-refractivity contribution in [1.29, 1.82) is 0 Å². The molecular formula is C44H26. The third kappa shape index (κ3) is 3.34. The maximum Gasteiger partial charge on any atom is -0.00264 e. The molecule has 0 amide bonds.